The molecule has 0 aliphatic heterocycles. The summed E-state index contributed by atoms with van der Waals surface area (Å²) in [6.07, 6.45) is 0. The van der Waals surface area contributed by atoms with Crippen molar-refractivity contribution in [3.63, 3.8) is 0 Å². The molecular weight excluding hydrogens is 309 g/mol. The molecule has 0 aliphatic rings. The number of aryl methyl sites for hydroxylation is 2. The second kappa shape index (κ2) is 6.40. The number of carbonyl (C=O) groups is 1. The Morgan fingerprint density at radius 1 is 1.21 bits per heavy atom. The summed E-state index contributed by atoms with van der Waals surface area (Å²) in [6, 6.07) is 7.96. The monoisotopic (exact) mass is 333 g/mol. The van der Waals surface area contributed by atoms with Gasteiger partial charge in [-0.3, -0.25) is 4.79 Å². The van der Waals surface area contributed by atoms with E-state index >= 15 is 0 Å². The summed E-state index contributed by atoms with van der Waals surface area (Å²) >= 11 is 0. The molecule has 1 unspecified atom stereocenters. The lowest BCUT2D eigenvalue weighted by atomic mass is 9.83. The highest BCUT2D eigenvalue weighted by Gasteiger charge is 2.35. The van der Waals surface area contributed by atoms with Crippen LogP contribution in [0.25, 0.3) is 0 Å². The number of rotatable bonds is 5. The average molecular weight is 333 g/mol. The maximum absolute atomic E-state index is 14.0. The van der Waals surface area contributed by atoms with Gasteiger partial charge in [-0.2, -0.15) is 0 Å². The van der Waals surface area contributed by atoms with Crippen LogP contribution in [0.15, 0.2) is 34.7 Å². The van der Waals surface area contributed by atoms with Crippen LogP contribution in [0.3, 0.4) is 0 Å². The Morgan fingerprint density at radius 2 is 1.83 bits per heavy atom. The maximum atomic E-state index is 14.0. The van der Waals surface area contributed by atoms with Crippen molar-refractivity contribution in [2.45, 2.75) is 45.6 Å². The van der Waals surface area contributed by atoms with Crippen molar-refractivity contribution in [2.24, 2.45) is 0 Å². The third kappa shape index (κ3) is 3.51. The average Bonchev–Trinajstić information content (AvgIpc) is 2.84. The van der Waals surface area contributed by atoms with Crippen LogP contribution in [-0.2, 0) is 15.8 Å². The van der Waals surface area contributed by atoms with E-state index in [0.29, 0.717) is 22.6 Å². The van der Waals surface area contributed by atoms with Crippen LogP contribution in [-0.4, -0.2) is 17.6 Å². The van der Waals surface area contributed by atoms with E-state index in [9.17, 15) is 14.3 Å². The van der Waals surface area contributed by atoms with Gasteiger partial charge < -0.3 is 14.8 Å². The van der Waals surface area contributed by atoms with Gasteiger partial charge in [0, 0.05) is 11.1 Å². The number of halogens is 1. The van der Waals surface area contributed by atoms with Crippen LogP contribution in [0, 0.1) is 19.7 Å². The third-order valence-electron chi connectivity index (χ3n) is 4.33. The molecule has 0 saturated heterocycles. The molecule has 1 aromatic heterocycles. The molecule has 0 bridgehead atoms. The lowest BCUT2D eigenvalue weighted by molar-refractivity contribution is -0.127. The van der Waals surface area contributed by atoms with Gasteiger partial charge in [0.15, 0.2) is 0 Å². The molecule has 1 atom stereocenters. The van der Waals surface area contributed by atoms with Crippen molar-refractivity contribution in [3.05, 3.63) is 58.8 Å². The van der Waals surface area contributed by atoms with Gasteiger partial charge in [0.1, 0.15) is 22.9 Å². The van der Waals surface area contributed by atoms with Gasteiger partial charge in [-0.15, -0.1) is 0 Å². The summed E-state index contributed by atoms with van der Waals surface area (Å²) in [5.41, 5.74) is -1.38. The van der Waals surface area contributed by atoms with Gasteiger partial charge in [-0.25, -0.2) is 4.39 Å². The standard InChI is InChI=1S/C19H24FNO3/c1-12-10-15(13(2)24-12)19(5,23)11-21-17(22)18(3,4)14-8-6-7-9-16(14)20/h6-10,23H,11H2,1-5H3,(H,21,22). The van der Waals surface area contributed by atoms with Crippen LogP contribution < -0.4 is 5.32 Å². The first-order valence-corrected chi connectivity index (χ1v) is 7.89. The largest absolute Gasteiger partial charge is 0.466 e. The topological polar surface area (TPSA) is 62.5 Å². The Bertz CT molecular complexity index is 747. The Balaban J connectivity index is 2.15. The van der Waals surface area contributed by atoms with E-state index in [4.69, 9.17) is 4.42 Å². The molecular formula is C19H24FNO3. The molecule has 1 amide bonds. The maximum Gasteiger partial charge on any atom is 0.230 e. The van der Waals surface area contributed by atoms with Gasteiger partial charge in [-0.05, 0) is 46.8 Å². The van der Waals surface area contributed by atoms with Crippen molar-refractivity contribution in [3.8, 4) is 0 Å². The predicted molar refractivity (Wildman–Crippen MR) is 90.2 cm³/mol. The van der Waals surface area contributed by atoms with Gasteiger partial charge in [0.05, 0.1) is 12.0 Å². The lowest BCUT2D eigenvalue weighted by Gasteiger charge is -2.28. The smallest absolute Gasteiger partial charge is 0.230 e. The van der Waals surface area contributed by atoms with Gasteiger partial charge in [0.25, 0.3) is 0 Å². The van der Waals surface area contributed by atoms with Crippen LogP contribution in [0.4, 0.5) is 4.39 Å². The molecule has 1 heterocycles. The summed E-state index contributed by atoms with van der Waals surface area (Å²) < 4.78 is 19.4. The molecule has 5 heteroatoms. The highest BCUT2D eigenvalue weighted by molar-refractivity contribution is 5.87. The van der Waals surface area contributed by atoms with E-state index in [2.05, 4.69) is 5.32 Å². The number of hydrogen-bond donors (Lipinski definition) is 2. The zero-order chi connectivity index (χ0) is 18.1. The fourth-order valence-electron chi connectivity index (χ4n) is 2.82. The first-order chi connectivity index (χ1) is 11.1. The van der Waals surface area contributed by atoms with Crippen LogP contribution in [0.5, 0.6) is 0 Å². The van der Waals surface area contributed by atoms with Crippen molar-refractivity contribution >= 4 is 5.91 Å². The van der Waals surface area contributed by atoms with Crippen LogP contribution in [0.2, 0.25) is 0 Å². The van der Waals surface area contributed by atoms with Gasteiger partial charge in [-0.1, -0.05) is 18.2 Å². The second-order valence-electron chi connectivity index (χ2n) is 6.89. The minimum atomic E-state index is -1.27. The van der Waals surface area contributed by atoms with E-state index in [1.165, 1.54) is 6.07 Å². The molecule has 0 spiro atoms. The predicted octanol–water partition coefficient (Wildman–Crippen LogP) is 3.34. The van der Waals surface area contributed by atoms with Crippen LogP contribution in [0.1, 0.15) is 43.4 Å². The molecule has 0 fully saturated rings. The first kappa shape index (κ1) is 18.2. The molecule has 0 aliphatic carbocycles. The summed E-state index contributed by atoms with van der Waals surface area (Å²) in [6.45, 7) is 8.49. The van der Waals surface area contributed by atoms with Gasteiger partial charge in [0.2, 0.25) is 5.91 Å². The summed E-state index contributed by atoms with van der Waals surface area (Å²) in [7, 11) is 0. The zero-order valence-electron chi connectivity index (χ0n) is 14.7. The number of furan rings is 1. The molecule has 0 radical (unpaired) electrons. The summed E-state index contributed by atoms with van der Waals surface area (Å²) in [5.74, 6) is 0.525. The number of nitrogens with one attached hydrogen (secondary N) is 1. The molecule has 130 valence electrons. The third-order valence-corrected chi connectivity index (χ3v) is 4.33. The molecule has 2 aromatic rings. The Morgan fingerprint density at radius 3 is 2.38 bits per heavy atom. The number of carbonyl (C=O) groups excluding carboxylic acids is 1. The summed E-state index contributed by atoms with van der Waals surface area (Å²) in [5, 5.41) is 13.4. The quantitative estimate of drug-likeness (QED) is 0.882. The van der Waals surface area contributed by atoms with E-state index in [1.807, 2.05) is 0 Å². The zero-order valence-corrected chi connectivity index (χ0v) is 14.7. The molecule has 24 heavy (non-hydrogen) atoms. The van der Waals surface area contributed by atoms with E-state index in [-0.39, 0.29) is 12.5 Å². The lowest BCUT2D eigenvalue weighted by Crippen LogP contribution is -2.46. The number of aliphatic hydroxyl groups is 1. The van der Waals surface area contributed by atoms with E-state index in [1.54, 1.807) is 58.9 Å². The molecule has 1 aromatic carbocycles. The minimum Gasteiger partial charge on any atom is -0.466 e. The Kier molecular flexibility index (Phi) is 4.85. The first-order valence-electron chi connectivity index (χ1n) is 7.89. The second-order valence-corrected chi connectivity index (χ2v) is 6.89. The number of hydrogen-bond acceptors (Lipinski definition) is 3. The molecule has 2 rings (SSSR count). The minimum absolute atomic E-state index is 0.00350. The van der Waals surface area contributed by atoms with Crippen molar-refractivity contribution in [1.82, 2.24) is 5.32 Å². The van der Waals surface area contributed by atoms with Crippen molar-refractivity contribution in [2.75, 3.05) is 6.54 Å². The normalized spacial score (nSPS) is 14.3. The molecule has 0 saturated carbocycles. The Hall–Kier alpha value is -2.14. The van der Waals surface area contributed by atoms with Gasteiger partial charge >= 0.3 is 0 Å². The summed E-state index contributed by atoms with van der Waals surface area (Å²) in [4.78, 5) is 12.6. The highest BCUT2D eigenvalue weighted by Crippen LogP contribution is 2.28. The molecule has 4 nitrogen and oxygen atoms in total. The fraction of sp³-hybridized carbons (Fsp3) is 0.421. The van der Waals surface area contributed by atoms with Crippen molar-refractivity contribution < 1.29 is 18.7 Å². The molecule has 2 N–H and O–H groups in total. The fourth-order valence-corrected chi connectivity index (χ4v) is 2.82. The number of amides is 1. The van der Waals surface area contributed by atoms with E-state index < -0.39 is 16.8 Å². The van der Waals surface area contributed by atoms with Crippen LogP contribution >= 0.6 is 0 Å². The number of benzene rings is 1. The Labute approximate surface area is 141 Å². The highest BCUT2D eigenvalue weighted by atomic mass is 19.1. The SMILES string of the molecule is Cc1cc(C(C)(O)CNC(=O)C(C)(C)c2ccccc2F)c(C)o1. The van der Waals surface area contributed by atoms with E-state index in [0.717, 1.165) is 0 Å². The van der Waals surface area contributed by atoms with Crippen molar-refractivity contribution in [1.29, 1.82) is 0 Å².